The molecule has 2 N–H and O–H groups in total. The van der Waals surface area contributed by atoms with Gasteiger partial charge in [0.05, 0.1) is 0 Å². The molecule has 7 heteroatoms. The normalized spacial score (nSPS) is 11.9. The molecule has 0 bridgehead atoms. The van der Waals surface area contributed by atoms with Crippen molar-refractivity contribution in [3.8, 4) is 0 Å². The second kappa shape index (κ2) is 6.70. The Hall–Kier alpha value is 0.0500. The quantitative estimate of drug-likeness (QED) is 0.751. The molecule has 1 heterocycles. The fourth-order valence-corrected chi connectivity index (χ4v) is 4.59. The van der Waals surface area contributed by atoms with Crippen LogP contribution < -0.4 is 10.0 Å². The Morgan fingerprint density at radius 2 is 2.19 bits per heavy atom. The summed E-state index contributed by atoms with van der Waals surface area (Å²) >= 11 is 4.43. The highest BCUT2D eigenvalue weighted by molar-refractivity contribution is 9.10. The van der Waals surface area contributed by atoms with E-state index in [9.17, 15) is 8.42 Å². The lowest BCUT2D eigenvalue weighted by Gasteiger charge is -2.05. The van der Waals surface area contributed by atoms with Crippen molar-refractivity contribution in [1.29, 1.82) is 0 Å². The van der Waals surface area contributed by atoms with Gasteiger partial charge in [0.1, 0.15) is 4.21 Å². The Morgan fingerprint density at radius 1 is 1.44 bits per heavy atom. The Balaban J connectivity index is 2.45. The second-order valence-electron chi connectivity index (χ2n) is 3.16. The van der Waals surface area contributed by atoms with Crippen molar-refractivity contribution >= 4 is 37.3 Å². The van der Waals surface area contributed by atoms with Gasteiger partial charge in [0.2, 0.25) is 0 Å². The summed E-state index contributed by atoms with van der Waals surface area (Å²) in [6.07, 6.45) is 0.788. The van der Waals surface area contributed by atoms with Crippen molar-refractivity contribution in [3.63, 3.8) is 0 Å². The van der Waals surface area contributed by atoms with E-state index < -0.39 is 10.0 Å². The molecule has 1 aromatic heterocycles. The minimum absolute atomic E-state index is 0.343. The molecule has 0 aromatic carbocycles. The Kier molecular flexibility index (Phi) is 5.91. The maximum Gasteiger partial charge on any atom is 0.251 e. The van der Waals surface area contributed by atoms with E-state index in [0.717, 1.165) is 19.5 Å². The molecule has 1 rings (SSSR count). The average molecular weight is 327 g/mol. The second-order valence-corrected chi connectivity index (χ2v) is 6.89. The van der Waals surface area contributed by atoms with Crippen LogP contribution in [0.3, 0.4) is 0 Å². The number of rotatable bonds is 7. The summed E-state index contributed by atoms with van der Waals surface area (Å²) in [6.45, 7) is 4.21. The molecule has 16 heavy (non-hydrogen) atoms. The monoisotopic (exact) mass is 326 g/mol. The van der Waals surface area contributed by atoms with Crippen LogP contribution in [0.25, 0.3) is 0 Å². The molecule has 0 fully saturated rings. The molecule has 92 valence electrons. The van der Waals surface area contributed by atoms with Gasteiger partial charge in [-0.2, -0.15) is 0 Å². The van der Waals surface area contributed by atoms with Crippen molar-refractivity contribution in [1.82, 2.24) is 10.0 Å². The van der Waals surface area contributed by atoms with Gasteiger partial charge in [-0.3, -0.25) is 0 Å². The molecule has 0 amide bonds. The van der Waals surface area contributed by atoms with Crippen LogP contribution in [0.2, 0.25) is 0 Å². The van der Waals surface area contributed by atoms with Crippen molar-refractivity contribution < 1.29 is 8.42 Å². The van der Waals surface area contributed by atoms with Crippen LogP contribution in [0.5, 0.6) is 0 Å². The lowest BCUT2D eigenvalue weighted by atomic mass is 10.4. The molecule has 4 nitrogen and oxygen atoms in total. The van der Waals surface area contributed by atoms with E-state index in [0.29, 0.717) is 15.2 Å². The SMILES string of the molecule is CCNCCCNS(=O)(=O)c1sccc1Br. The van der Waals surface area contributed by atoms with Gasteiger partial charge in [-0.15, -0.1) is 11.3 Å². The van der Waals surface area contributed by atoms with Crippen molar-refractivity contribution in [3.05, 3.63) is 15.9 Å². The molecular weight excluding hydrogens is 312 g/mol. The molecule has 0 aliphatic carbocycles. The molecule has 0 saturated carbocycles. The highest BCUT2D eigenvalue weighted by Gasteiger charge is 2.17. The highest BCUT2D eigenvalue weighted by atomic mass is 79.9. The maximum absolute atomic E-state index is 11.8. The third kappa shape index (κ3) is 4.14. The van der Waals surface area contributed by atoms with Crippen molar-refractivity contribution in [2.45, 2.75) is 17.6 Å². The smallest absolute Gasteiger partial charge is 0.251 e. The fraction of sp³-hybridized carbons (Fsp3) is 0.556. The first-order valence-corrected chi connectivity index (χ1v) is 8.17. The third-order valence-corrected chi connectivity index (χ3v) is 6.03. The zero-order valence-electron chi connectivity index (χ0n) is 8.99. The highest BCUT2D eigenvalue weighted by Crippen LogP contribution is 2.27. The van der Waals surface area contributed by atoms with Crippen molar-refractivity contribution in [2.24, 2.45) is 0 Å². The molecule has 0 aliphatic rings. The summed E-state index contributed by atoms with van der Waals surface area (Å²) in [5.41, 5.74) is 0. The van der Waals surface area contributed by atoms with Gasteiger partial charge < -0.3 is 5.32 Å². The summed E-state index contributed by atoms with van der Waals surface area (Å²) in [4.78, 5) is 0. The van der Waals surface area contributed by atoms with Gasteiger partial charge >= 0.3 is 0 Å². The van der Waals surface area contributed by atoms with Crippen LogP contribution in [0.1, 0.15) is 13.3 Å². The van der Waals surface area contributed by atoms with Gasteiger partial charge in [-0.05, 0) is 46.9 Å². The predicted molar refractivity (Wildman–Crippen MR) is 70.4 cm³/mol. The van der Waals surface area contributed by atoms with E-state index in [4.69, 9.17) is 0 Å². The molecule has 0 radical (unpaired) electrons. The summed E-state index contributed by atoms with van der Waals surface area (Å²) in [5, 5.41) is 4.89. The van der Waals surface area contributed by atoms with E-state index in [1.165, 1.54) is 11.3 Å². The summed E-state index contributed by atoms with van der Waals surface area (Å²) in [6, 6.07) is 1.73. The minimum atomic E-state index is -3.34. The third-order valence-electron chi connectivity index (χ3n) is 1.90. The summed E-state index contributed by atoms with van der Waals surface area (Å²) in [5.74, 6) is 0. The van der Waals surface area contributed by atoms with Crippen LogP contribution in [-0.4, -0.2) is 28.1 Å². The first-order valence-electron chi connectivity index (χ1n) is 5.01. The number of thiophene rings is 1. The number of hydrogen-bond donors (Lipinski definition) is 2. The number of hydrogen-bond acceptors (Lipinski definition) is 4. The molecule has 0 spiro atoms. The molecule has 1 aromatic rings. The van der Waals surface area contributed by atoms with Crippen LogP contribution in [-0.2, 0) is 10.0 Å². The molecule has 0 atom stereocenters. The first-order chi connectivity index (χ1) is 7.58. The first kappa shape index (κ1) is 14.1. The zero-order valence-corrected chi connectivity index (χ0v) is 12.2. The summed E-state index contributed by atoms with van der Waals surface area (Å²) in [7, 11) is -3.34. The summed E-state index contributed by atoms with van der Waals surface area (Å²) < 4.78 is 27.1. The Morgan fingerprint density at radius 3 is 2.75 bits per heavy atom. The van der Waals surface area contributed by atoms with Gasteiger partial charge in [-0.25, -0.2) is 13.1 Å². The van der Waals surface area contributed by atoms with Gasteiger partial charge in [0, 0.05) is 11.0 Å². The Labute approximate surface area is 109 Å². The van der Waals surface area contributed by atoms with E-state index >= 15 is 0 Å². The standard InChI is InChI=1S/C9H15BrN2O2S2/c1-2-11-5-3-6-12-16(13,14)9-8(10)4-7-15-9/h4,7,11-12H,2-3,5-6H2,1H3. The number of halogens is 1. The van der Waals surface area contributed by atoms with Crippen LogP contribution >= 0.6 is 27.3 Å². The molecule has 0 saturated heterocycles. The largest absolute Gasteiger partial charge is 0.317 e. The number of nitrogens with one attached hydrogen (secondary N) is 2. The van der Waals surface area contributed by atoms with Gasteiger partial charge in [-0.1, -0.05) is 6.92 Å². The fourth-order valence-electron chi connectivity index (χ4n) is 1.13. The predicted octanol–water partition coefficient (Wildman–Crippen LogP) is 1.79. The zero-order chi connectivity index (χ0) is 12.0. The number of sulfonamides is 1. The average Bonchev–Trinajstić information content (AvgIpc) is 2.65. The van der Waals surface area contributed by atoms with E-state index in [1.54, 1.807) is 11.4 Å². The van der Waals surface area contributed by atoms with Gasteiger partial charge in [0.25, 0.3) is 10.0 Å². The maximum atomic E-state index is 11.8. The van der Waals surface area contributed by atoms with Crippen LogP contribution in [0.15, 0.2) is 20.1 Å². The minimum Gasteiger partial charge on any atom is -0.317 e. The Bertz CT molecular complexity index is 417. The lowest BCUT2D eigenvalue weighted by molar-refractivity contribution is 0.577. The topological polar surface area (TPSA) is 58.2 Å². The van der Waals surface area contributed by atoms with Gasteiger partial charge in [0.15, 0.2) is 0 Å². The van der Waals surface area contributed by atoms with E-state index in [-0.39, 0.29) is 0 Å². The molecule has 0 aliphatic heterocycles. The molecule has 0 unspecified atom stereocenters. The molecular formula is C9H15BrN2O2S2. The van der Waals surface area contributed by atoms with E-state index in [2.05, 4.69) is 26.0 Å². The lowest BCUT2D eigenvalue weighted by Crippen LogP contribution is -2.27. The van der Waals surface area contributed by atoms with Crippen molar-refractivity contribution in [2.75, 3.05) is 19.6 Å². The van der Waals surface area contributed by atoms with Crippen LogP contribution in [0, 0.1) is 0 Å². The van der Waals surface area contributed by atoms with E-state index in [1.807, 2.05) is 6.92 Å². The van der Waals surface area contributed by atoms with Crippen LogP contribution in [0.4, 0.5) is 0 Å².